The normalized spacial score (nSPS) is 27.5. The Kier molecular flexibility index (Phi) is 4.63. The largest absolute Gasteiger partial charge is 0.425 e. The van der Waals surface area contributed by atoms with Crippen molar-refractivity contribution < 1.29 is 23.9 Å². The second kappa shape index (κ2) is 7.39. The summed E-state index contributed by atoms with van der Waals surface area (Å²) in [5.74, 6) is -1.53. The molecule has 34 heavy (non-hydrogen) atoms. The number of Topliss-reactive ketones (excluding diaryl/α,β-unsaturated/α-hetero) is 1. The van der Waals surface area contributed by atoms with E-state index in [0.717, 1.165) is 16.3 Å². The SMILES string of the molecule is C[C@]1(C(=O)c2ccc(Cl)cc2)[C@H]2c3c(ccc4ccccc34)OC(=O)[C@]21C(=O)N1CCOCC1. The Morgan fingerprint density at radius 1 is 1.00 bits per heavy atom. The lowest BCUT2D eigenvalue weighted by molar-refractivity contribution is -0.156. The second-order valence-electron chi connectivity index (χ2n) is 9.27. The lowest BCUT2D eigenvalue weighted by atomic mass is 9.86. The molecule has 3 aromatic carbocycles. The first-order valence-electron chi connectivity index (χ1n) is 11.3. The van der Waals surface area contributed by atoms with Crippen molar-refractivity contribution in [2.45, 2.75) is 12.8 Å². The van der Waals surface area contributed by atoms with Crippen molar-refractivity contribution in [3.63, 3.8) is 0 Å². The van der Waals surface area contributed by atoms with Gasteiger partial charge in [-0.3, -0.25) is 14.4 Å². The van der Waals surface area contributed by atoms with Crippen molar-refractivity contribution in [3.05, 3.63) is 76.8 Å². The predicted octanol–water partition coefficient (Wildman–Crippen LogP) is 4.24. The van der Waals surface area contributed by atoms with Gasteiger partial charge in [-0.2, -0.15) is 0 Å². The number of nitrogens with zero attached hydrogens (tertiary/aromatic N) is 1. The highest BCUT2D eigenvalue weighted by Crippen LogP contribution is 2.79. The molecule has 1 aliphatic carbocycles. The van der Waals surface area contributed by atoms with Crippen LogP contribution < -0.4 is 4.74 Å². The zero-order valence-electron chi connectivity index (χ0n) is 18.5. The molecule has 3 atom stereocenters. The van der Waals surface area contributed by atoms with Gasteiger partial charge in [0, 0.05) is 35.2 Å². The molecule has 3 aromatic rings. The summed E-state index contributed by atoms with van der Waals surface area (Å²) >= 11 is 6.04. The van der Waals surface area contributed by atoms with Crippen LogP contribution in [-0.2, 0) is 14.3 Å². The van der Waals surface area contributed by atoms with E-state index in [1.54, 1.807) is 42.2 Å². The fourth-order valence-corrected chi connectivity index (χ4v) is 6.08. The average molecular weight is 476 g/mol. The third-order valence-corrected chi connectivity index (χ3v) is 7.96. The highest BCUT2D eigenvalue weighted by atomic mass is 35.5. The van der Waals surface area contributed by atoms with E-state index in [1.807, 2.05) is 30.3 Å². The lowest BCUT2D eigenvalue weighted by Gasteiger charge is -2.32. The number of carbonyl (C=O) groups is 3. The van der Waals surface area contributed by atoms with Crippen LogP contribution in [-0.4, -0.2) is 48.9 Å². The minimum absolute atomic E-state index is 0.270. The van der Waals surface area contributed by atoms with E-state index in [1.165, 1.54) is 0 Å². The van der Waals surface area contributed by atoms with Gasteiger partial charge in [0.25, 0.3) is 0 Å². The van der Waals surface area contributed by atoms with Crippen LogP contribution in [0, 0.1) is 10.8 Å². The zero-order valence-corrected chi connectivity index (χ0v) is 19.3. The number of benzene rings is 3. The van der Waals surface area contributed by atoms with Gasteiger partial charge < -0.3 is 14.4 Å². The molecule has 2 heterocycles. The van der Waals surface area contributed by atoms with Crippen LogP contribution in [0.1, 0.15) is 28.8 Å². The van der Waals surface area contributed by atoms with Gasteiger partial charge in [0.1, 0.15) is 5.75 Å². The summed E-state index contributed by atoms with van der Waals surface area (Å²) < 4.78 is 11.2. The standard InChI is InChI=1S/C27H22ClNO5/c1-26(23(30)17-6-9-18(28)10-7-17)22-21-19-5-3-2-4-16(19)8-11-20(21)34-25(32)27(22,26)24(31)29-12-14-33-15-13-29/h2-11,22H,12-15H2,1H3/t22-,26-,27-/m1/s1. The summed E-state index contributed by atoms with van der Waals surface area (Å²) in [6, 6.07) is 18.0. The minimum Gasteiger partial charge on any atom is -0.425 e. The quantitative estimate of drug-likeness (QED) is 0.245. The molecule has 0 aromatic heterocycles. The summed E-state index contributed by atoms with van der Waals surface area (Å²) in [5, 5.41) is 2.34. The van der Waals surface area contributed by atoms with Crippen molar-refractivity contribution in [2.24, 2.45) is 10.8 Å². The smallest absolute Gasteiger partial charge is 0.328 e. The maximum atomic E-state index is 14.1. The predicted molar refractivity (Wildman–Crippen MR) is 126 cm³/mol. The van der Waals surface area contributed by atoms with Gasteiger partial charge in [0.15, 0.2) is 11.2 Å². The molecule has 3 aliphatic rings. The maximum Gasteiger partial charge on any atom is 0.328 e. The van der Waals surface area contributed by atoms with Crippen molar-refractivity contribution in [1.82, 2.24) is 4.90 Å². The molecular formula is C27H22ClNO5. The Balaban J connectivity index is 1.57. The first-order valence-corrected chi connectivity index (χ1v) is 11.7. The Morgan fingerprint density at radius 3 is 2.44 bits per heavy atom. The number of halogens is 1. The molecule has 1 amide bonds. The van der Waals surface area contributed by atoms with Gasteiger partial charge in [0.2, 0.25) is 5.91 Å². The number of ketones is 1. The third-order valence-electron chi connectivity index (χ3n) is 7.70. The minimum atomic E-state index is -1.63. The van der Waals surface area contributed by atoms with Crippen molar-refractivity contribution >= 4 is 40.0 Å². The molecule has 1 saturated heterocycles. The second-order valence-corrected chi connectivity index (χ2v) is 9.71. The van der Waals surface area contributed by atoms with Crippen LogP contribution in [0.2, 0.25) is 5.02 Å². The van der Waals surface area contributed by atoms with E-state index < -0.39 is 22.7 Å². The van der Waals surface area contributed by atoms with E-state index in [9.17, 15) is 14.4 Å². The van der Waals surface area contributed by atoms with Gasteiger partial charge in [0.05, 0.1) is 18.6 Å². The first kappa shape index (κ1) is 21.3. The summed E-state index contributed by atoms with van der Waals surface area (Å²) in [4.78, 5) is 43.4. The van der Waals surface area contributed by atoms with Crippen molar-refractivity contribution in [2.75, 3.05) is 26.3 Å². The molecule has 0 bridgehead atoms. The van der Waals surface area contributed by atoms with Gasteiger partial charge >= 0.3 is 5.97 Å². The molecule has 0 radical (unpaired) electrons. The molecule has 2 aliphatic heterocycles. The third kappa shape index (κ3) is 2.64. The number of amides is 1. The molecule has 0 unspecified atom stereocenters. The molecule has 172 valence electrons. The molecule has 7 heteroatoms. The summed E-state index contributed by atoms with van der Waals surface area (Å²) in [6.45, 7) is 3.25. The van der Waals surface area contributed by atoms with Crippen LogP contribution in [0.25, 0.3) is 10.8 Å². The van der Waals surface area contributed by atoms with Gasteiger partial charge in [-0.05, 0) is 48.0 Å². The number of hydrogen-bond donors (Lipinski definition) is 0. The van der Waals surface area contributed by atoms with Gasteiger partial charge in [-0.25, -0.2) is 0 Å². The van der Waals surface area contributed by atoms with Crippen LogP contribution in [0.3, 0.4) is 0 Å². The van der Waals surface area contributed by atoms with Gasteiger partial charge in [-0.1, -0.05) is 41.9 Å². The molecule has 2 fully saturated rings. The number of esters is 1. The molecule has 0 N–H and O–H groups in total. The van der Waals surface area contributed by atoms with E-state index in [-0.39, 0.29) is 11.7 Å². The Bertz CT molecular complexity index is 1360. The van der Waals surface area contributed by atoms with E-state index >= 15 is 0 Å². The van der Waals surface area contributed by atoms with E-state index in [2.05, 4.69) is 0 Å². The number of ether oxygens (including phenoxy) is 2. The summed E-state index contributed by atoms with van der Waals surface area (Å²) in [5.41, 5.74) is -1.78. The van der Waals surface area contributed by atoms with Crippen LogP contribution in [0.4, 0.5) is 0 Å². The van der Waals surface area contributed by atoms with Crippen molar-refractivity contribution in [1.29, 1.82) is 0 Å². The molecule has 1 saturated carbocycles. The Labute approximate surface area is 201 Å². The summed E-state index contributed by atoms with van der Waals surface area (Å²) in [7, 11) is 0. The molecule has 6 nitrogen and oxygen atoms in total. The van der Waals surface area contributed by atoms with Crippen LogP contribution >= 0.6 is 11.6 Å². The maximum absolute atomic E-state index is 14.1. The van der Waals surface area contributed by atoms with Crippen LogP contribution in [0.5, 0.6) is 5.75 Å². The van der Waals surface area contributed by atoms with E-state index in [0.29, 0.717) is 42.6 Å². The molecular weight excluding hydrogens is 454 g/mol. The topological polar surface area (TPSA) is 72.9 Å². The van der Waals surface area contributed by atoms with Gasteiger partial charge in [-0.15, -0.1) is 0 Å². The fourth-order valence-electron chi connectivity index (χ4n) is 5.96. The lowest BCUT2D eigenvalue weighted by Crippen LogP contribution is -2.50. The molecule has 0 spiro atoms. The Hall–Kier alpha value is -3.22. The highest BCUT2D eigenvalue weighted by molar-refractivity contribution is 6.30. The Morgan fingerprint density at radius 2 is 1.71 bits per heavy atom. The number of carbonyl (C=O) groups excluding carboxylic acids is 3. The number of rotatable bonds is 3. The van der Waals surface area contributed by atoms with Crippen molar-refractivity contribution in [3.8, 4) is 5.75 Å². The monoisotopic (exact) mass is 475 g/mol. The average Bonchev–Trinajstić information content (AvgIpc) is 3.46. The van der Waals surface area contributed by atoms with E-state index in [4.69, 9.17) is 21.1 Å². The fraction of sp³-hybridized carbons (Fsp3) is 0.296. The first-order chi connectivity index (χ1) is 16.4. The zero-order chi connectivity index (χ0) is 23.7. The number of morpholine rings is 1. The highest BCUT2D eigenvalue weighted by Gasteiger charge is 2.88. The summed E-state index contributed by atoms with van der Waals surface area (Å²) in [6.07, 6.45) is 0. The molecule has 6 rings (SSSR count). The van der Waals surface area contributed by atoms with Crippen LogP contribution in [0.15, 0.2) is 60.7 Å². The number of hydrogen-bond acceptors (Lipinski definition) is 5. The number of fused-ring (bicyclic) bond motifs is 5.